The van der Waals surface area contributed by atoms with Gasteiger partial charge in [-0.25, -0.2) is 8.42 Å². The highest BCUT2D eigenvalue weighted by Crippen LogP contribution is 2.32. The van der Waals surface area contributed by atoms with Gasteiger partial charge >= 0.3 is 0 Å². The van der Waals surface area contributed by atoms with E-state index in [-0.39, 0.29) is 17.3 Å². The molecule has 2 rings (SSSR count). The molecular weight excluding hydrogens is 358 g/mol. The van der Waals surface area contributed by atoms with Gasteiger partial charge < -0.3 is 11.1 Å². The van der Waals surface area contributed by atoms with Crippen LogP contribution in [0.4, 0.5) is 5.69 Å². The fraction of sp³-hybridized carbons (Fsp3) is 0.462. The first-order chi connectivity index (χ1) is 9.58. The monoisotopic (exact) mass is 375 g/mol. The first-order valence-electron chi connectivity index (χ1n) is 6.45. The lowest BCUT2D eigenvalue weighted by atomic mass is 10.0. The van der Waals surface area contributed by atoms with E-state index in [9.17, 15) is 13.2 Å². The van der Waals surface area contributed by atoms with Gasteiger partial charge in [-0.3, -0.25) is 4.79 Å². The molecule has 0 atom stereocenters. The first kappa shape index (κ1) is 16.3. The molecule has 3 N–H and O–H groups in total. The molecule has 0 unspecified atom stereocenters. The molecule has 116 valence electrons. The third kappa shape index (κ3) is 2.67. The van der Waals surface area contributed by atoms with E-state index >= 15 is 0 Å². The Morgan fingerprint density at radius 1 is 1.38 bits per heavy atom. The second-order valence-electron chi connectivity index (χ2n) is 5.53. The zero-order valence-corrected chi connectivity index (χ0v) is 14.5. The number of benzene rings is 1. The standard InChI is InChI=1S/C13H18BrN3O3S/c1-8-6-9(14)10(15)7-11(8)21(19,20)17-5-4-16-12(18)13(17,2)3/h6-7H,4-5,15H2,1-3H3,(H,16,18). The Kier molecular flexibility index (Phi) is 4.07. The van der Waals surface area contributed by atoms with E-state index in [2.05, 4.69) is 21.2 Å². The number of piperazine rings is 1. The second-order valence-corrected chi connectivity index (χ2v) is 8.22. The molecule has 21 heavy (non-hydrogen) atoms. The van der Waals surface area contributed by atoms with Gasteiger partial charge in [-0.05, 0) is 54.4 Å². The number of nitrogens with two attached hydrogens (primary N) is 1. The Morgan fingerprint density at radius 2 is 2.00 bits per heavy atom. The largest absolute Gasteiger partial charge is 0.398 e. The minimum Gasteiger partial charge on any atom is -0.398 e. The molecule has 1 fully saturated rings. The minimum atomic E-state index is -3.80. The molecule has 1 aliphatic heterocycles. The van der Waals surface area contributed by atoms with Crippen LogP contribution in [0.1, 0.15) is 19.4 Å². The average Bonchev–Trinajstić information content (AvgIpc) is 2.36. The number of carbonyl (C=O) groups is 1. The molecule has 1 aromatic carbocycles. The van der Waals surface area contributed by atoms with Gasteiger partial charge in [0.15, 0.2) is 0 Å². The summed E-state index contributed by atoms with van der Waals surface area (Å²) in [4.78, 5) is 12.1. The highest BCUT2D eigenvalue weighted by atomic mass is 79.9. The van der Waals surface area contributed by atoms with Crippen molar-refractivity contribution in [2.24, 2.45) is 0 Å². The number of nitrogens with zero attached hydrogens (tertiary/aromatic N) is 1. The van der Waals surface area contributed by atoms with Gasteiger partial charge in [-0.15, -0.1) is 0 Å². The number of amides is 1. The van der Waals surface area contributed by atoms with Crippen molar-refractivity contribution < 1.29 is 13.2 Å². The molecule has 1 heterocycles. The van der Waals surface area contributed by atoms with Gasteiger partial charge in [-0.2, -0.15) is 4.31 Å². The van der Waals surface area contributed by atoms with Gasteiger partial charge in [0.2, 0.25) is 15.9 Å². The fourth-order valence-electron chi connectivity index (χ4n) is 2.37. The molecule has 8 heteroatoms. The quantitative estimate of drug-likeness (QED) is 0.760. The van der Waals surface area contributed by atoms with Gasteiger partial charge in [0.25, 0.3) is 0 Å². The van der Waals surface area contributed by atoms with Crippen LogP contribution in [0.2, 0.25) is 0 Å². The smallest absolute Gasteiger partial charge is 0.244 e. The summed E-state index contributed by atoms with van der Waals surface area (Å²) in [6, 6.07) is 3.09. The lowest BCUT2D eigenvalue weighted by molar-refractivity contribution is -0.131. The maximum absolute atomic E-state index is 12.9. The van der Waals surface area contributed by atoms with Crippen molar-refractivity contribution in [1.82, 2.24) is 9.62 Å². The fourth-order valence-corrected chi connectivity index (χ4v) is 4.82. The SMILES string of the molecule is Cc1cc(Br)c(N)cc1S(=O)(=O)N1CCNC(=O)C1(C)C. The lowest BCUT2D eigenvalue weighted by Crippen LogP contribution is -2.63. The van der Waals surface area contributed by atoms with Gasteiger partial charge in [0, 0.05) is 23.2 Å². The summed E-state index contributed by atoms with van der Waals surface area (Å²) in [6.45, 7) is 5.42. The zero-order valence-electron chi connectivity index (χ0n) is 12.1. The molecule has 0 bridgehead atoms. The van der Waals surface area contributed by atoms with Crippen LogP contribution in [-0.2, 0) is 14.8 Å². The van der Waals surface area contributed by atoms with Crippen LogP contribution in [-0.4, -0.2) is 37.3 Å². The van der Waals surface area contributed by atoms with Crippen LogP contribution in [0.15, 0.2) is 21.5 Å². The Balaban J connectivity index is 2.57. The maximum atomic E-state index is 12.9. The zero-order chi connectivity index (χ0) is 16.0. The number of carbonyl (C=O) groups excluding carboxylic acids is 1. The molecular formula is C13H18BrN3O3S. The summed E-state index contributed by atoms with van der Waals surface area (Å²) in [5.41, 5.74) is 5.60. The van der Waals surface area contributed by atoms with Crippen molar-refractivity contribution in [1.29, 1.82) is 0 Å². The third-order valence-electron chi connectivity index (χ3n) is 3.64. The molecule has 1 saturated heterocycles. The third-order valence-corrected chi connectivity index (χ3v) is 6.54. The van der Waals surface area contributed by atoms with E-state index in [1.54, 1.807) is 26.8 Å². The van der Waals surface area contributed by atoms with Crippen molar-refractivity contribution >= 4 is 37.5 Å². The van der Waals surface area contributed by atoms with Crippen LogP contribution < -0.4 is 11.1 Å². The number of nitrogens with one attached hydrogen (secondary N) is 1. The molecule has 1 aromatic rings. The molecule has 6 nitrogen and oxygen atoms in total. The van der Waals surface area contributed by atoms with E-state index in [1.807, 2.05) is 0 Å². The molecule has 1 amide bonds. The number of halogens is 1. The van der Waals surface area contributed by atoms with Crippen molar-refractivity contribution in [2.75, 3.05) is 18.8 Å². The Hall–Kier alpha value is -1.12. The summed E-state index contributed by atoms with van der Waals surface area (Å²) in [5, 5.41) is 2.68. The number of hydrogen-bond acceptors (Lipinski definition) is 4. The molecule has 0 radical (unpaired) electrons. The highest BCUT2D eigenvalue weighted by Gasteiger charge is 2.45. The average molecular weight is 376 g/mol. The van der Waals surface area contributed by atoms with Crippen LogP contribution in [0.25, 0.3) is 0 Å². The molecule has 1 aliphatic rings. The van der Waals surface area contributed by atoms with E-state index in [0.717, 1.165) is 0 Å². The predicted molar refractivity (Wildman–Crippen MR) is 84.3 cm³/mol. The van der Waals surface area contributed by atoms with Gasteiger partial charge in [0.05, 0.1) is 4.90 Å². The molecule has 0 aliphatic carbocycles. The van der Waals surface area contributed by atoms with E-state index < -0.39 is 15.6 Å². The van der Waals surface area contributed by atoms with E-state index in [0.29, 0.717) is 22.3 Å². The summed E-state index contributed by atoms with van der Waals surface area (Å²) in [6.07, 6.45) is 0. The Labute approximate surface area is 132 Å². The summed E-state index contributed by atoms with van der Waals surface area (Å²) in [5.74, 6) is -0.305. The summed E-state index contributed by atoms with van der Waals surface area (Å²) in [7, 11) is -3.80. The van der Waals surface area contributed by atoms with E-state index in [4.69, 9.17) is 5.73 Å². The van der Waals surface area contributed by atoms with Gasteiger partial charge in [0.1, 0.15) is 5.54 Å². The van der Waals surface area contributed by atoms with Crippen molar-refractivity contribution in [2.45, 2.75) is 31.2 Å². The number of rotatable bonds is 2. The van der Waals surface area contributed by atoms with Crippen LogP contribution in [0, 0.1) is 6.92 Å². The predicted octanol–water partition coefficient (Wildman–Crippen LogP) is 1.24. The number of hydrogen-bond donors (Lipinski definition) is 2. The Morgan fingerprint density at radius 3 is 2.62 bits per heavy atom. The number of nitrogen functional groups attached to an aromatic ring is 1. The Bertz CT molecular complexity index is 701. The molecule has 0 aromatic heterocycles. The van der Waals surface area contributed by atoms with Gasteiger partial charge in [-0.1, -0.05) is 0 Å². The minimum absolute atomic E-state index is 0.131. The second kappa shape index (κ2) is 5.26. The normalized spacial score (nSPS) is 19.3. The van der Waals surface area contributed by atoms with Crippen molar-refractivity contribution in [3.63, 3.8) is 0 Å². The lowest BCUT2D eigenvalue weighted by Gasteiger charge is -2.40. The van der Waals surface area contributed by atoms with Crippen LogP contribution in [0.3, 0.4) is 0 Å². The van der Waals surface area contributed by atoms with Crippen molar-refractivity contribution in [3.05, 3.63) is 22.2 Å². The first-order valence-corrected chi connectivity index (χ1v) is 8.68. The number of anilines is 1. The van der Waals surface area contributed by atoms with Crippen molar-refractivity contribution in [3.8, 4) is 0 Å². The summed E-state index contributed by atoms with van der Waals surface area (Å²) < 4.78 is 27.7. The van der Waals surface area contributed by atoms with Crippen LogP contribution >= 0.6 is 15.9 Å². The highest BCUT2D eigenvalue weighted by molar-refractivity contribution is 9.10. The summed E-state index contributed by atoms with van der Waals surface area (Å²) >= 11 is 3.28. The topological polar surface area (TPSA) is 92.5 Å². The molecule has 0 spiro atoms. The molecule has 0 saturated carbocycles. The number of aryl methyl sites for hydroxylation is 1. The maximum Gasteiger partial charge on any atom is 0.244 e. The van der Waals surface area contributed by atoms with Crippen LogP contribution in [0.5, 0.6) is 0 Å². The van der Waals surface area contributed by atoms with E-state index in [1.165, 1.54) is 10.4 Å². The number of sulfonamides is 1.